The van der Waals surface area contributed by atoms with E-state index in [1.807, 2.05) is 24.8 Å². The predicted octanol–water partition coefficient (Wildman–Crippen LogP) is 1.24. The van der Waals surface area contributed by atoms with E-state index in [4.69, 9.17) is 4.74 Å². The number of amides is 2. The average Bonchev–Trinajstić information content (AvgIpc) is 2.55. The summed E-state index contributed by atoms with van der Waals surface area (Å²) in [7, 11) is 0. The highest BCUT2D eigenvalue weighted by atomic mass is 16.5. The lowest BCUT2D eigenvalue weighted by molar-refractivity contribution is -0.150. The first-order valence-corrected chi connectivity index (χ1v) is 8.16. The number of hydrogen-bond acceptors (Lipinski definition) is 4. The molecule has 2 aliphatic heterocycles. The van der Waals surface area contributed by atoms with Gasteiger partial charge in [0.15, 0.2) is 0 Å². The van der Waals surface area contributed by atoms with E-state index < -0.39 is 0 Å². The number of likely N-dealkylation sites (N-methyl/N-ethyl adjacent to an activating group) is 1. The van der Waals surface area contributed by atoms with E-state index in [-0.39, 0.29) is 23.9 Å². The number of aromatic nitrogens is 1. The van der Waals surface area contributed by atoms with Crippen LogP contribution in [-0.4, -0.2) is 65.0 Å². The van der Waals surface area contributed by atoms with Crippen molar-refractivity contribution >= 4 is 11.8 Å². The molecule has 0 saturated carbocycles. The number of pyridine rings is 1. The van der Waals surface area contributed by atoms with Gasteiger partial charge in [-0.3, -0.25) is 14.6 Å². The summed E-state index contributed by atoms with van der Waals surface area (Å²) < 4.78 is 5.47. The van der Waals surface area contributed by atoms with E-state index in [1.54, 1.807) is 17.2 Å². The number of carbonyl (C=O) groups excluding carboxylic acids is 2. The maximum Gasteiger partial charge on any atom is 0.255 e. The van der Waals surface area contributed by atoms with E-state index in [0.29, 0.717) is 31.9 Å². The molecular weight excluding hydrogens is 294 g/mol. The van der Waals surface area contributed by atoms with Gasteiger partial charge in [-0.2, -0.15) is 0 Å². The van der Waals surface area contributed by atoms with Crippen LogP contribution in [0.15, 0.2) is 18.3 Å². The van der Waals surface area contributed by atoms with Gasteiger partial charge in [-0.25, -0.2) is 0 Å². The summed E-state index contributed by atoms with van der Waals surface area (Å²) in [4.78, 5) is 33.1. The molecule has 2 fully saturated rings. The highest BCUT2D eigenvalue weighted by Crippen LogP contribution is 2.32. The Labute approximate surface area is 136 Å². The van der Waals surface area contributed by atoms with Crippen molar-refractivity contribution < 1.29 is 14.3 Å². The molecule has 23 heavy (non-hydrogen) atoms. The van der Waals surface area contributed by atoms with Crippen LogP contribution in [0.4, 0.5) is 0 Å². The number of piperazine rings is 1. The maximum absolute atomic E-state index is 12.8. The van der Waals surface area contributed by atoms with Gasteiger partial charge in [0.1, 0.15) is 6.54 Å². The second-order valence-corrected chi connectivity index (χ2v) is 6.32. The number of rotatable bonds is 2. The van der Waals surface area contributed by atoms with E-state index in [2.05, 4.69) is 4.98 Å². The van der Waals surface area contributed by atoms with Crippen LogP contribution in [0.2, 0.25) is 0 Å². The van der Waals surface area contributed by atoms with Crippen molar-refractivity contribution in [2.24, 2.45) is 0 Å². The van der Waals surface area contributed by atoms with Crippen LogP contribution in [0.25, 0.3) is 0 Å². The zero-order chi connectivity index (χ0) is 16.4. The lowest BCUT2D eigenvalue weighted by Crippen LogP contribution is -2.67. The highest BCUT2D eigenvalue weighted by molar-refractivity contribution is 5.97. The molecule has 3 rings (SSSR count). The first kappa shape index (κ1) is 15.9. The largest absolute Gasteiger partial charge is 0.381 e. The molecule has 0 N–H and O–H groups in total. The second kappa shape index (κ2) is 6.28. The fourth-order valence-corrected chi connectivity index (χ4v) is 3.62. The third-order valence-electron chi connectivity index (χ3n) is 4.87. The van der Waals surface area contributed by atoms with Crippen molar-refractivity contribution in [3.63, 3.8) is 0 Å². The molecule has 124 valence electrons. The van der Waals surface area contributed by atoms with Crippen molar-refractivity contribution in [1.29, 1.82) is 0 Å². The van der Waals surface area contributed by atoms with Crippen molar-refractivity contribution in [3.8, 4) is 0 Å². The van der Waals surface area contributed by atoms with Gasteiger partial charge in [-0.05, 0) is 38.8 Å². The number of carbonyl (C=O) groups is 2. The fourth-order valence-electron chi connectivity index (χ4n) is 3.62. The molecule has 0 aliphatic carbocycles. The molecule has 0 atom stereocenters. The smallest absolute Gasteiger partial charge is 0.255 e. The minimum atomic E-state index is -0.282. The number of ether oxygens (including phenoxy) is 1. The van der Waals surface area contributed by atoms with Crippen molar-refractivity contribution in [2.45, 2.75) is 32.2 Å². The summed E-state index contributed by atoms with van der Waals surface area (Å²) in [5.41, 5.74) is 1.13. The maximum atomic E-state index is 12.8. The monoisotopic (exact) mass is 317 g/mol. The Morgan fingerprint density at radius 1 is 1.35 bits per heavy atom. The third kappa shape index (κ3) is 2.95. The Bertz CT molecular complexity index is 594. The lowest BCUT2D eigenvalue weighted by Gasteiger charge is -2.52. The molecule has 2 aliphatic rings. The van der Waals surface area contributed by atoms with Crippen LogP contribution >= 0.6 is 0 Å². The molecule has 6 heteroatoms. The lowest BCUT2D eigenvalue weighted by atomic mass is 9.85. The molecular formula is C17H23N3O3. The van der Waals surface area contributed by atoms with Crippen LogP contribution < -0.4 is 0 Å². The SMILES string of the molecule is CCN1C(=O)CN(C(=O)c2ccc(C)nc2)CC12CCOCC2. The number of hydrogen-bond donors (Lipinski definition) is 0. The van der Waals surface area contributed by atoms with Gasteiger partial charge in [-0.1, -0.05) is 0 Å². The van der Waals surface area contributed by atoms with Crippen molar-refractivity contribution in [3.05, 3.63) is 29.6 Å². The minimum absolute atomic E-state index is 0.0223. The van der Waals surface area contributed by atoms with Gasteiger partial charge < -0.3 is 14.5 Å². The van der Waals surface area contributed by atoms with Crippen LogP contribution in [-0.2, 0) is 9.53 Å². The summed E-state index contributed by atoms with van der Waals surface area (Å²) >= 11 is 0. The van der Waals surface area contributed by atoms with E-state index in [0.717, 1.165) is 18.5 Å². The Hall–Kier alpha value is -1.95. The highest BCUT2D eigenvalue weighted by Gasteiger charge is 2.46. The third-order valence-corrected chi connectivity index (χ3v) is 4.87. The van der Waals surface area contributed by atoms with Gasteiger partial charge in [0.2, 0.25) is 5.91 Å². The Morgan fingerprint density at radius 2 is 2.09 bits per heavy atom. The first-order chi connectivity index (χ1) is 11.1. The van der Waals surface area contributed by atoms with Gasteiger partial charge in [0, 0.05) is 38.2 Å². The van der Waals surface area contributed by atoms with Crippen LogP contribution in [0, 0.1) is 6.92 Å². The van der Waals surface area contributed by atoms with Crippen LogP contribution in [0.1, 0.15) is 35.8 Å². The molecule has 6 nitrogen and oxygen atoms in total. The molecule has 1 aromatic heterocycles. The molecule has 3 heterocycles. The molecule has 2 saturated heterocycles. The van der Waals surface area contributed by atoms with Crippen LogP contribution in [0.3, 0.4) is 0 Å². The Morgan fingerprint density at radius 3 is 2.70 bits per heavy atom. The van der Waals surface area contributed by atoms with Gasteiger partial charge in [0.05, 0.1) is 11.1 Å². The zero-order valence-electron chi connectivity index (χ0n) is 13.7. The van der Waals surface area contributed by atoms with Crippen molar-refractivity contribution in [1.82, 2.24) is 14.8 Å². The molecule has 0 unspecified atom stereocenters. The van der Waals surface area contributed by atoms with Crippen molar-refractivity contribution in [2.75, 3.05) is 32.8 Å². The molecule has 0 radical (unpaired) electrons. The summed E-state index contributed by atoms with van der Waals surface area (Å²) in [6, 6.07) is 3.60. The van der Waals surface area contributed by atoms with Crippen LogP contribution in [0.5, 0.6) is 0 Å². The first-order valence-electron chi connectivity index (χ1n) is 8.16. The average molecular weight is 317 g/mol. The fraction of sp³-hybridized carbons (Fsp3) is 0.588. The minimum Gasteiger partial charge on any atom is -0.381 e. The Kier molecular flexibility index (Phi) is 4.35. The predicted molar refractivity (Wildman–Crippen MR) is 85.0 cm³/mol. The van der Waals surface area contributed by atoms with Gasteiger partial charge in [-0.15, -0.1) is 0 Å². The van der Waals surface area contributed by atoms with Gasteiger partial charge >= 0.3 is 0 Å². The molecule has 0 aromatic carbocycles. The number of nitrogens with zero attached hydrogens (tertiary/aromatic N) is 3. The molecule has 0 bridgehead atoms. The summed E-state index contributed by atoms with van der Waals surface area (Å²) in [6.45, 7) is 6.54. The summed E-state index contributed by atoms with van der Waals surface area (Å²) in [5, 5.41) is 0. The number of aryl methyl sites for hydroxylation is 1. The summed E-state index contributed by atoms with van der Waals surface area (Å²) in [5.74, 6) is -0.0958. The quantitative estimate of drug-likeness (QED) is 0.823. The summed E-state index contributed by atoms with van der Waals surface area (Å²) in [6.07, 6.45) is 3.15. The van der Waals surface area contributed by atoms with Gasteiger partial charge in [0.25, 0.3) is 5.91 Å². The normalized spacial score (nSPS) is 20.9. The van der Waals surface area contributed by atoms with E-state index in [1.165, 1.54) is 0 Å². The Balaban J connectivity index is 1.85. The topological polar surface area (TPSA) is 62.7 Å². The zero-order valence-corrected chi connectivity index (χ0v) is 13.7. The van der Waals surface area contributed by atoms with E-state index in [9.17, 15) is 9.59 Å². The van der Waals surface area contributed by atoms with E-state index >= 15 is 0 Å². The standard InChI is InChI=1S/C17H23N3O3/c1-3-20-15(21)11-19(12-17(20)6-8-23-9-7-17)16(22)14-5-4-13(2)18-10-14/h4-5,10H,3,6-9,11-12H2,1-2H3. The second-order valence-electron chi connectivity index (χ2n) is 6.32. The molecule has 2 amide bonds. The molecule has 1 spiro atoms. The molecule has 1 aromatic rings.